The molecule has 1 atom stereocenters. The third-order valence-corrected chi connectivity index (χ3v) is 2.53. The highest BCUT2D eigenvalue weighted by Crippen LogP contribution is 2.04. The van der Waals surface area contributed by atoms with Crippen molar-refractivity contribution in [3.05, 3.63) is 0 Å². The van der Waals surface area contributed by atoms with Crippen molar-refractivity contribution in [1.82, 2.24) is 5.32 Å². The molecule has 1 heteroatoms. The highest BCUT2D eigenvalue weighted by atomic mass is 14.9. The Labute approximate surface area is 89.7 Å². The third kappa shape index (κ3) is 8.13. The second-order valence-electron chi connectivity index (χ2n) is 3.85. The zero-order valence-electron chi connectivity index (χ0n) is 9.81. The smallest absolute Gasteiger partial charge is 0.0684 e. The van der Waals surface area contributed by atoms with Gasteiger partial charge in [0.15, 0.2) is 0 Å². The Morgan fingerprint density at radius 2 is 1.71 bits per heavy atom. The molecule has 0 aromatic carbocycles. The van der Waals surface area contributed by atoms with E-state index in [4.69, 9.17) is 6.42 Å². The van der Waals surface area contributed by atoms with Crippen LogP contribution in [0.3, 0.4) is 0 Å². The monoisotopic (exact) mass is 195 g/mol. The van der Waals surface area contributed by atoms with E-state index in [-0.39, 0.29) is 6.04 Å². The lowest BCUT2D eigenvalue weighted by Gasteiger charge is -2.09. The minimum absolute atomic E-state index is 0.283. The van der Waals surface area contributed by atoms with Gasteiger partial charge >= 0.3 is 0 Å². The summed E-state index contributed by atoms with van der Waals surface area (Å²) in [6, 6.07) is 0.283. The molecule has 0 spiro atoms. The van der Waals surface area contributed by atoms with Crippen LogP contribution in [-0.2, 0) is 0 Å². The fourth-order valence-corrected chi connectivity index (χ4v) is 1.50. The third-order valence-electron chi connectivity index (χ3n) is 2.53. The van der Waals surface area contributed by atoms with Crippen molar-refractivity contribution in [2.75, 3.05) is 6.54 Å². The molecule has 0 radical (unpaired) electrons. The highest BCUT2D eigenvalue weighted by molar-refractivity contribution is 4.97. The van der Waals surface area contributed by atoms with Gasteiger partial charge in [0.05, 0.1) is 6.04 Å². The molecule has 0 saturated carbocycles. The maximum Gasteiger partial charge on any atom is 0.0684 e. The highest BCUT2D eigenvalue weighted by Gasteiger charge is 1.98. The van der Waals surface area contributed by atoms with Gasteiger partial charge in [-0.25, -0.2) is 0 Å². The van der Waals surface area contributed by atoms with E-state index < -0.39 is 0 Å². The molecule has 1 nitrogen and oxygen atoms in total. The standard InChI is InChI=1S/C13H25N/c1-4-7-8-9-10-11-12-14-13(5-2)6-3/h2,13-14H,4,6-12H2,1,3H3. The van der Waals surface area contributed by atoms with Crippen LogP contribution in [0.15, 0.2) is 0 Å². The van der Waals surface area contributed by atoms with Crippen molar-refractivity contribution in [2.24, 2.45) is 0 Å². The van der Waals surface area contributed by atoms with Gasteiger partial charge in [-0.1, -0.05) is 51.9 Å². The zero-order chi connectivity index (χ0) is 10.6. The number of terminal acetylenes is 1. The van der Waals surface area contributed by atoms with Crippen LogP contribution in [0.5, 0.6) is 0 Å². The molecule has 14 heavy (non-hydrogen) atoms. The molecule has 0 aliphatic rings. The zero-order valence-corrected chi connectivity index (χ0v) is 9.81. The molecule has 0 fully saturated rings. The largest absolute Gasteiger partial charge is 0.304 e. The minimum Gasteiger partial charge on any atom is -0.304 e. The summed E-state index contributed by atoms with van der Waals surface area (Å²) in [5, 5.41) is 3.37. The van der Waals surface area contributed by atoms with Crippen molar-refractivity contribution < 1.29 is 0 Å². The Hall–Kier alpha value is -0.480. The second kappa shape index (κ2) is 10.6. The van der Waals surface area contributed by atoms with Crippen LogP contribution in [0.1, 0.15) is 58.8 Å². The molecule has 0 amide bonds. The molecular formula is C13H25N. The van der Waals surface area contributed by atoms with Crippen molar-refractivity contribution in [3.63, 3.8) is 0 Å². The maximum absolute atomic E-state index is 5.35. The van der Waals surface area contributed by atoms with Crippen LogP contribution in [-0.4, -0.2) is 12.6 Å². The lowest BCUT2D eigenvalue weighted by molar-refractivity contribution is 0.539. The van der Waals surface area contributed by atoms with Crippen molar-refractivity contribution in [1.29, 1.82) is 0 Å². The van der Waals surface area contributed by atoms with Crippen LogP contribution in [0, 0.1) is 12.3 Å². The van der Waals surface area contributed by atoms with Gasteiger partial charge in [-0.05, 0) is 19.4 Å². The summed E-state index contributed by atoms with van der Waals surface area (Å²) in [4.78, 5) is 0. The van der Waals surface area contributed by atoms with E-state index in [0.29, 0.717) is 0 Å². The van der Waals surface area contributed by atoms with Crippen LogP contribution in [0.2, 0.25) is 0 Å². The first-order chi connectivity index (χ1) is 6.85. The first-order valence-electron chi connectivity index (χ1n) is 6.04. The molecule has 0 heterocycles. The van der Waals surface area contributed by atoms with Gasteiger partial charge in [-0.2, -0.15) is 0 Å². The predicted octanol–water partition coefficient (Wildman–Crippen LogP) is 3.35. The Morgan fingerprint density at radius 3 is 2.29 bits per heavy atom. The minimum atomic E-state index is 0.283. The molecule has 1 N–H and O–H groups in total. The Morgan fingerprint density at radius 1 is 1.07 bits per heavy atom. The number of hydrogen-bond donors (Lipinski definition) is 1. The number of hydrogen-bond acceptors (Lipinski definition) is 1. The summed E-state index contributed by atoms with van der Waals surface area (Å²) >= 11 is 0. The second-order valence-corrected chi connectivity index (χ2v) is 3.85. The molecule has 0 rings (SSSR count). The molecule has 0 aliphatic carbocycles. The Kier molecular flexibility index (Phi) is 10.2. The van der Waals surface area contributed by atoms with E-state index in [1.807, 2.05) is 0 Å². The van der Waals surface area contributed by atoms with E-state index in [9.17, 15) is 0 Å². The quantitative estimate of drug-likeness (QED) is 0.439. The fraction of sp³-hybridized carbons (Fsp3) is 0.846. The van der Waals surface area contributed by atoms with Gasteiger partial charge in [0, 0.05) is 0 Å². The van der Waals surface area contributed by atoms with E-state index in [1.54, 1.807) is 0 Å². The molecule has 1 unspecified atom stereocenters. The molecule has 0 saturated heterocycles. The van der Waals surface area contributed by atoms with E-state index in [2.05, 4.69) is 25.1 Å². The van der Waals surface area contributed by atoms with Crippen LogP contribution in [0.25, 0.3) is 0 Å². The average molecular weight is 195 g/mol. The molecule has 82 valence electrons. The van der Waals surface area contributed by atoms with Gasteiger partial charge in [-0.3, -0.25) is 0 Å². The topological polar surface area (TPSA) is 12.0 Å². The van der Waals surface area contributed by atoms with E-state index in [0.717, 1.165) is 13.0 Å². The van der Waals surface area contributed by atoms with E-state index in [1.165, 1.54) is 38.5 Å². The van der Waals surface area contributed by atoms with Gasteiger partial charge in [0.2, 0.25) is 0 Å². The van der Waals surface area contributed by atoms with Crippen molar-refractivity contribution >= 4 is 0 Å². The molecule has 0 aliphatic heterocycles. The van der Waals surface area contributed by atoms with Gasteiger partial charge in [0.25, 0.3) is 0 Å². The first-order valence-corrected chi connectivity index (χ1v) is 6.04. The molecular weight excluding hydrogens is 170 g/mol. The van der Waals surface area contributed by atoms with Gasteiger partial charge < -0.3 is 5.32 Å². The average Bonchev–Trinajstić information content (AvgIpc) is 2.22. The number of nitrogens with one attached hydrogen (secondary N) is 1. The summed E-state index contributed by atoms with van der Waals surface area (Å²) in [6.45, 7) is 5.45. The lowest BCUT2D eigenvalue weighted by Crippen LogP contribution is -2.27. The van der Waals surface area contributed by atoms with Gasteiger partial charge in [-0.15, -0.1) is 6.42 Å². The SMILES string of the molecule is C#CC(CC)NCCCCCCCC. The Bertz CT molecular complexity index is 146. The summed E-state index contributed by atoms with van der Waals surface area (Å²) < 4.78 is 0. The number of unbranched alkanes of at least 4 members (excludes halogenated alkanes) is 5. The summed E-state index contributed by atoms with van der Waals surface area (Å²) in [6.07, 6.45) is 14.5. The predicted molar refractivity (Wildman–Crippen MR) is 64.3 cm³/mol. The van der Waals surface area contributed by atoms with E-state index >= 15 is 0 Å². The summed E-state index contributed by atoms with van der Waals surface area (Å²) in [7, 11) is 0. The number of rotatable bonds is 9. The Balaban J connectivity index is 3.09. The van der Waals surface area contributed by atoms with Crippen molar-refractivity contribution in [2.45, 2.75) is 64.8 Å². The first kappa shape index (κ1) is 13.5. The van der Waals surface area contributed by atoms with Crippen molar-refractivity contribution in [3.8, 4) is 12.3 Å². The normalized spacial score (nSPS) is 12.4. The summed E-state index contributed by atoms with van der Waals surface area (Å²) in [5.74, 6) is 2.75. The van der Waals surface area contributed by atoms with Crippen LogP contribution in [0.4, 0.5) is 0 Å². The lowest BCUT2D eigenvalue weighted by atomic mass is 10.1. The molecule has 0 aromatic heterocycles. The maximum atomic E-state index is 5.35. The molecule has 0 aromatic rings. The van der Waals surface area contributed by atoms with Crippen LogP contribution < -0.4 is 5.32 Å². The van der Waals surface area contributed by atoms with Gasteiger partial charge in [0.1, 0.15) is 0 Å². The molecule has 0 bridgehead atoms. The summed E-state index contributed by atoms with van der Waals surface area (Å²) in [5.41, 5.74) is 0. The van der Waals surface area contributed by atoms with Crippen LogP contribution >= 0.6 is 0 Å². The fourth-order valence-electron chi connectivity index (χ4n) is 1.50.